The highest BCUT2D eigenvalue weighted by atomic mass is 16.8. The number of benzene rings is 4. The van der Waals surface area contributed by atoms with Crippen LogP contribution in [-0.2, 0) is 15.1 Å². The number of fused-ring (bicyclic) bond motifs is 1. The van der Waals surface area contributed by atoms with Gasteiger partial charge in [-0.15, -0.1) is 0 Å². The van der Waals surface area contributed by atoms with Crippen LogP contribution >= 0.6 is 0 Å². The Labute approximate surface area is 241 Å². The summed E-state index contributed by atoms with van der Waals surface area (Å²) in [7, 11) is 0. The predicted octanol–water partition coefficient (Wildman–Crippen LogP) is 3.85. The molecule has 1 fully saturated rings. The van der Waals surface area contributed by atoms with Crippen LogP contribution in [0, 0.1) is 10.1 Å². The van der Waals surface area contributed by atoms with E-state index in [2.05, 4.69) is 0 Å². The summed E-state index contributed by atoms with van der Waals surface area (Å²) in [6, 6.07) is 31.1. The lowest BCUT2D eigenvalue weighted by atomic mass is 9.81. The molecule has 216 valence electrons. The summed E-state index contributed by atoms with van der Waals surface area (Å²) in [6.07, 6.45) is -6.40. The van der Waals surface area contributed by atoms with Crippen molar-refractivity contribution in [2.45, 2.75) is 36.2 Å². The summed E-state index contributed by atoms with van der Waals surface area (Å²) in [4.78, 5) is 11.5. The first-order valence-corrected chi connectivity index (χ1v) is 13.5. The maximum absolute atomic E-state index is 12.2. The summed E-state index contributed by atoms with van der Waals surface area (Å²) in [5.41, 5.74) is 0.906. The fraction of sp³-hybridized carbons (Fsp3) is 0.250. The zero-order valence-electron chi connectivity index (χ0n) is 22.4. The van der Waals surface area contributed by atoms with Crippen LogP contribution in [0.4, 0.5) is 0 Å². The normalized spacial score (nSPS) is 23.7. The monoisotopic (exact) mass is 571 g/mol. The first kappa shape index (κ1) is 27.8. The van der Waals surface area contributed by atoms with Gasteiger partial charge >= 0.3 is 6.23 Å². The van der Waals surface area contributed by atoms with Gasteiger partial charge in [-0.2, -0.15) is 0 Å². The van der Waals surface area contributed by atoms with Gasteiger partial charge in [-0.3, -0.25) is 14.9 Å². The van der Waals surface area contributed by atoms with Gasteiger partial charge in [0.15, 0.2) is 17.1 Å². The number of aliphatic hydroxyl groups excluding tert-OH is 2. The molecule has 0 aliphatic carbocycles. The van der Waals surface area contributed by atoms with E-state index in [0.29, 0.717) is 11.5 Å². The molecule has 42 heavy (non-hydrogen) atoms. The number of aliphatic hydroxyl groups is 3. The van der Waals surface area contributed by atoms with Crippen molar-refractivity contribution in [2.24, 2.45) is 0 Å². The summed E-state index contributed by atoms with van der Waals surface area (Å²) in [5, 5.41) is 45.4. The van der Waals surface area contributed by atoms with Crippen molar-refractivity contribution in [1.29, 1.82) is 0 Å². The molecule has 1 unspecified atom stereocenters. The molecule has 0 spiro atoms. The molecule has 0 amide bonds. The Bertz CT molecular complexity index is 1510. The van der Waals surface area contributed by atoms with Gasteiger partial charge in [0.1, 0.15) is 12.2 Å². The van der Waals surface area contributed by atoms with E-state index in [1.54, 1.807) is 18.2 Å². The molecule has 2 aliphatic rings. The molecule has 10 heteroatoms. The van der Waals surface area contributed by atoms with Gasteiger partial charge in [-0.1, -0.05) is 84.9 Å². The van der Waals surface area contributed by atoms with E-state index in [-0.39, 0.29) is 23.8 Å². The minimum absolute atomic E-state index is 0.0120. The van der Waals surface area contributed by atoms with E-state index < -0.39 is 41.9 Å². The van der Waals surface area contributed by atoms with Crippen LogP contribution in [-0.4, -0.2) is 52.1 Å². The molecule has 0 bridgehead atoms. The first-order chi connectivity index (χ1) is 20.4. The minimum atomic E-state index is -2.26. The molecule has 3 N–H and O–H groups in total. The van der Waals surface area contributed by atoms with Crippen LogP contribution in [0.2, 0.25) is 0 Å². The highest BCUT2D eigenvalue weighted by Gasteiger charge is 2.59. The summed E-state index contributed by atoms with van der Waals surface area (Å²) >= 11 is 0. The smallest absolute Gasteiger partial charge is 0.344 e. The minimum Gasteiger partial charge on any atom is -0.454 e. The highest BCUT2D eigenvalue weighted by molar-refractivity contribution is 5.46. The highest BCUT2D eigenvalue weighted by Crippen LogP contribution is 2.44. The number of rotatable bonds is 9. The van der Waals surface area contributed by atoms with Crippen molar-refractivity contribution in [3.05, 3.63) is 141 Å². The van der Waals surface area contributed by atoms with E-state index in [4.69, 9.17) is 18.9 Å². The number of nitrogens with zero attached hydrogens (tertiary/aromatic N) is 1. The molecule has 1 saturated heterocycles. The van der Waals surface area contributed by atoms with Crippen LogP contribution < -0.4 is 9.47 Å². The Balaban J connectivity index is 1.39. The van der Waals surface area contributed by atoms with Crippen molar-refractivity contribution in [3.63, 3.8) is 0 Å². The van der Waals surface area contributed by atoms with E-state index in [1.165, 1.54) is 18.2 Å². The Hall–Kier alpha value is -4.32. The fourth-order valence-corrected chi connectivity index (χ4v) is 5.61. The molecule has 6 rings (SSSR count). The number of nitro groups is 1. The lowest BCUT2D eigenvalue weighted by molar-refractivity contribution is -0.597. The second-order valence-electron chi connectivity index (χ2n) is 10.2. The number of hydrogen-bond acceptors (Lipinski definition) is 9. The van der Waals surface area contributed by atoms with Crippen molar-refractivity contribution in [1.82, 2.24) is 0 Å². The van der Waals surface area contributed by atoms with Crippen LogP contribution in [0.3, 0.4) is 0 Å². The van der Waals surface area contributed by atoms with Gasteiger partial charge in [-0.05, 0) is 40.5 Å². The second kappa shape index (κ2) is 11.5. The van der Waals surface area contributed by atoms with E-state index in [1.807, 2.05) is 66.7 Å². The lowest BCUT2D eigenvalue weighted by Gasteiger charge is -2.32. The average molecular weight is 572 g/mol. The molecule has 0 saturated carbocycles. The quantitative estimate of drug-likeness (QED) is 0.118. The lowest BCUT2D eigenvalue weighted by Crippen LogP contribution is -2.47. The van der Waals surface area contributed by atoms with Crippen LogP contribution in [0.1, 0.15) is 40.0 Å². The Morgan fingerprint density at radius 3 is 2.14 bits per heavy atom. The summed E-state index contributed by atoms with van der Waals surface area (Å²) in [5.74, 6) is 0.538. The molecule has 0 aromatic heterocycles. The van der Waals surface area contributed by atoms with Gasteiger partial charge < -0.3 is 29.5 Å². The van der Waals surface area contributed by atoms with Crippen molar-refractivity contribution >= 4 is 0 Å². The van der Waals surface area contributed by atoms with Crippen molar-refractivity contribution in [3.8, 4) is 11.5 Å². The standard InChI is InChI=1S/C32H29NO9/c34-18-27-29(35)32(36,31(41-27)42-30(33(37)38)23-14-15-25-26(17-23)40-19-39-25)24-13-7-12-22(16-24)28(20-8-3-1-4-9-20)21-10-5-2-6-11-21/h1-17,27-31,34-36H,18-19H2/t27-,29-,30?,31-,32-/m1/s1. The van der Waals surface area contributed by atoms with Gasteiger partial charge in [0, 0.05) is 5.92 Å². The van der Waals surface area contributed by atoms with Gasteiger partial charge in [0.2, 0.25) is 13.1 Å². The zero-order chi connectivity index (χ0) is 29.3. The maximum atomic E-state index is 12.2. The average Bonchev–Trinajstić information content (AvgIpc) is 3.59. The van der Waals surface area contributed by atoms with Crippen LogP contribution in [0.5, 0.6) is 11.5 Å². The molecule has 4 aromatic rings. The molecular formula is C32H29NO9. The molecule has 0 radical (unpaired) electrons. The molecule has 2 heterocycles. The SMILES string of the molecule is O=[N+]([O-])C(O[C@H]1O[C@H](CO)[C@@H](O)[C@]1(O)c1cccc(C(c2ccccc2)c2ccccc2)c1)c1ccc2c(c1)OCO2. The van der Waals surface area contributed by atoms with Gasteiger partial charge in [0.25, 0.3) is 0 Å². The molecule has 10 nitrogen and oxygen atoms in total. The van der Waals surface area contributed by atoms with Crippen LogP contribution in [0.15, 0.2) is 103 Å². The van der Waals surface area contributed by atoms with Crippen molar-refractivity contribution < 1.29 is 39.2 Å². The Kier molecular flexibility index (Phi) is 7.63. The predicted molar refractivity (Wildman–Crippen MR) is 149 cm³/mol. The largest absolute Gasteiger partial charge is 0.454 e. The van der Waals surface area contributed by atoms with Gasteiger partial charge in [-0.25, -0.2) is 0 Å². The number of ether oxygens (including phenoxy) is 4. The van der Waals surface area contributed by atoms with E-state index in [9.17, 15) is 25.4 Å². The van der Waals surface area contributed by atoms with Crippen molar-refractivity contribution in [2.75, 3.05) is 13.4 Å². The Morgan fingerprint density at radius 2 is 1.50 bits per heavy atom. The third-order valence-corrected chi connectivity index (χ3v) is 7.71. The maximum Gasteiger partial charge on any atom is 0.344 e. The Morgan fingerprint density at radius 1 is 0.857 bits per heavy atom. The first-order valence-electron chi connectivity index (χ1n) is 13.5. The zero-order valence-corrected chi connectivity index (χ0v) is 22.4. The fourth-order valence-electron chi connectivity index (χ4n) is 5.61. The van der Waals surface area contributed by atoms with E-state index >= 15 is 0 Å². The molecule has 2 aliphatic heterocycles. The number of hydrogen-bond donors (Lipinski definition) is 3. The van der Waals surface area contributed by atoms with Crippen LogP contribution in [0.25, 0.3) is 0 Å². The van der Waals surface area contributed by atoms with E-state index in [0.717, 1.165) is 16.7 Å². The summed E-state index contributed by atoms with van der Waals surface area (Å²) in [6.45, 7) is -0.658. The third kappa shape index (κ3) is 5.00. The van der Waals surface area contributed by atoms with Gasteiger partial charge in [0.05, 0.1) is 17.1 Å². The molecule has 5 atom stereocenters. The molecular weight excluding hydrogens is 542 g/mol. The second-order valence-corrected chi connectivity index (χ2v) is 10.2. The third-order valence-electron chi connectivity index (χ3n) is 7.71. The summed E-state index contributed by atoms with van der Waals surface area (Å²) < 4.78 is 22.2. The molecule has 4 aromatic carbocycles. The topological polar surface area (TPSA) is 141 Å².